The van der Waals surface area contributed by atoms with E-state index in [1.54, 1.807) is 0 Å². The summed E-state index contributed by atoms with van der Waals surface area (Å²) in [5.74, 6) is -0.885. The van der Waals surface area contributed by atoms with Crippen molar-refractivity contribution in [3.8, 4) is 6.07 Å². The molecule has 3 nitrogen and oxygen atoms in total. The van der Waals surface area contributed by atoms with E-state index in [1.807, 2.05) is 36.4 Å². The summed E-state index contributed by atoms with van der Waals surface area (Å²) in [5, 5.41) is 8.90. The second kappa shape index (κ2) is 7.00. The lowest BCUT2D eigenvalue weighted by atomic mass is 10.1. The maximum Gasteiger partial charge on any atom is 0.256 e. The Morgan fingerprint density at radius 1 is 1.19 bits per heavy atom. The number of amides is 1. The van der Waals surface area contributed by atoms with Gasteiger partial charge >= 0.3 is 0 Å². The van der Waals surface area contributed by atoms with Gasteiger partial charge < -0.3 is 4.90 Å². The monoisotopic (exact) mass is 346 g/mol. The van der Waals surface area contributed by atoms with Crippen LogP contribution in [0, 0.1) is 17.1 Å². The van der Waals surface area contributed by atoms with Crippen molar-refractivity contribution in [1.82, 2.24) is 4.90 Å². The van der Waals surface area contributed by atoms with Gasteiger partial charge in [0.05, 0.1) is 16.1 Å². The van der Waals surface area contributed by atoms with Gasteiger partial charge in [-0.15, -0.1) is 0 Å². The summed E-state index contributed by atoms with van der Waals surface area (Å²) in [7, 11) is 0. The first-order chi connectivity index (χ1) is 10.1. The van der Waals surface area contributed by atoms with Crippen LogP contribution in [0.15, 0.2) is 53.0 Å². The van der Waals surface area contributed by atoms with Crippen LogP contribution in [0.2, 0.25) is 0 Å². The molecule has 0 bridgehead atoms. The summed E-state index contributed by atoms with van der Waals surface area (Å²) in [5.41, 5.74) is 1.12. The molecule has 0 unspecified atom stereocenters. The van der Waals surface area contributed by atoms with Gasteiger partial charge in [0.25, 0.3) is 5.91 Å². The number of nitriles is 1. The molecule has 1 amide bonds. The fourth-order valence-corrected chi connectivity index (χ4v) is 2.36. The highest BCUT2D eigenvalue weighted by Crippen LogP contribution is 2.22. The van der Waals surface area contributed by atoms with E-state index in [1.165, 1.54) is 23.1 Å². The predicted octanol–water partition coefficient (Wildman–Crippen LogP) is 3.75. The van der Waals surface area contributed by atoms with E-state index in [0.29, 0.717) is 6.54 Å². The maximum absolute atomic E-state index is 13.5. The van der Waals surface area contributed by atoms with Crippen LogP contribution in [-0.4, -0.2) is 17.4 Å². The molecule has 0 radical (unpaired) electrons. The second-order valence-corrected chi connectivity index (χ2v) is 5.20. The number of carbonyl (C=O) groups is 1. The Morgan fingerprint density at radius 3 is 2.57 bits per heavy atom. The molecule has 0 saturated carbocycles. The zero-order chi connectivity index (χ0) is 15.2. The van der Waals surface area contributed by atoms with Gasteiger partial charge in [-0.25, -0.2) is 4.39 Å². The quantitative estimate of drug-likeness (QED) is 0.791. The molecule has 0 fully saturated rings. The van der Waals surface area contributed by atoms with Crippen LogP contribution in [0.3, 0.4) is 0 Å². The van der Waals surface area contributed by atoms with E-state index >= 15 is 0 Å². The second-order valence-electron chi connectivity index (χ2n) is 4.41. The number of nitrogens with zero attached hydrogens (tertiary/aromatic N) is 2. The number of hydrogen-bond acceptors (Lipinski definition) is 2. The predicted molar refractivity (Wildman–Crippen MR) is 80.9 cm³/mol. The van der Waals surface area contributed by atoms with E-state index in [2.05, 4.69) is 15.9 Å². The summed E-state index contributed by atoms with van der Waals surface area (Å²) in [6, 6.07) is 15.6. The Labute approximate surface area is 130 Å². The molecule has 0 spiro atoms. The SMILES string of the molecule is N#CCN(Cc1ccccc1)C(=O)c1cccc(F)c1Br. The van der Waals surface area contributed by atoms with E-state index in [4.69, 9.17) is 5.26 Å². The highest BCUT2D eigenvalue weighted by atomic mass is 79.9. The first-order valence-corrected chi connectivity index (χ1v) is 7.07. The number of rotatable bonds is 4. The molecule has 0 aromatic heterocycles. The topological polar surface area (TPSA) is 44.1 Å². The van der Waals surface area contributed by atoms with Crippen molar-refractivity contribution in [1.29, 1.82) is 5.26 Å². The molecule has 0 heterocycles. The minimum absolute atomic E-state index is 0.0588. The Bertz CT molecular complexity index is 682. The van der Waals surface area contributed by atoms with Crippen molar-refractivity contribution >= 4 is 21.8 Å². The third-order valence-electron chi connectivity index (χ3n) is 2.95. The molecular weight excluding hydrogens is 335 g/mol. The maximum atomic E-state index is 13.5. The highest BCUT2D eigenvalue weighted by Gasteiger charge is 2.19. The third kappa shape index (κ3) is 3.67. The molecule has 0 atom stereocenters. The number of halogens is 2. The lowest BCUT2D eigenvalue weighted by molar-refractivity contribution is 0.0763. The van der Waals surface area contributed by atoms with Crippen LogP contribution in [0.1, 0.15) is 15.9 Å². The Kier molecular flexibility index (Phi) is 5.07. The molecule has 2 aromatic rings. The number of benzene rings is 2. The Balaban J connectivity index is 2.28. The molecule has 21 heavy (non-hydrogen) atoms. The lowest BCUT2D eigenvalue weighted by Gasteiger charge is -2.20. The molecule has 5 heteroatoms. The van der Waals surface area contributed by atoms with Crippen molar-refractivity contribution in [3.63, 3.8) is 0 Å². The minimum atomic E-state index is -0.502. The van der Waals surface area contributed by atoms with Gasteiger partial charge in [0.1, 0.15) is 12.4 Å². The van der Waals surface area contributed by atoms with Gasteiger partial charge in [0, 0.05) is 6.54 Å². The highest BCUT2D eigenvalue weighted by molar-refractivity contribution is 9.10. The summed E-state index contributed by atoms with van der Waals surface area (Å²) in [4.78, 5) is 13.9. The number of carbonyl (C=O) groups excluding carboxylic acids is 1. The molecular formula is C16H12BrFN2O. The van der Waals surface area contributed by atoms with E-state index in [0.717, 1.165) is 5.56 Å². The van der Waals surface area contributed by atoms with Crippen LogP contribution >= 0.6 is 15.9 Å². The molecule has 2 aromatic carbocycles. The van der Waals surface area contributed by atoms with Crippen LogP contribution in [0.5, 0.6) is 0 Å². The molecule has 0 aliphatic carbocycles. The smallest absolute Gasteiger partial charge is 0.256 e. The average Bonchev–Trinajstić information content (AvgIpc) is 2.50. The first kappa shape index (κ1) is 15.2. The van der Waals surface area contributed by atoms with Gasteiger partial charge in [-0.3, -0.25) is 4.79 Å². The molecule has 0 aliphatic rings. The Hall–Kier alpha value is -2.19. The zero-order valence-electron chi connectivity index (χ0n) is 11.1. The van der Waals surface area contributed by atoms with E-state index in [9.17, 15) is 9.18 Å². The fraction of sp³-hybridized carbons (Fsp3) is 0.125. The van der Waals surface area contributed by atoms with Crippen molar-refractivity contribution < 1.29 is 9.18 Å². The summed E-state index contributed by atoms with van der Waals surface area (Å²) in [6.45, 7) is 0.243. The summed E-state index contributed by atoms with van der Waals surface area (Å²) in [6.07, 6.45) is 0. The molecule has 0 aliphatic heterocycles. The standard InChI is InChI=1S/C16H12BrFN2O/c17-15-13(7-4-8-14(15)18)16(21)20(10-9-19)11-12-5-2-1-3-6-12/h1-8H,10-11H2. The van der Waals surface area contributed by atoms with Crippen molar-refractivity contribution in [2.45, 2.75) is 6.54 Å². The summed E-state index contributed by atoms with van der Waals surface area (Å²) >= 11 is 3.08. The number of hydrogen-bond donors (Lipinski definition) is 0. The van der Waals surface area contributed by atoms with Crippen molar-refractivity contribution in [2.24, 2.45) is 0 Å². The largest absolute Gasteiger partial charge is 0.321 e. The molecule has 0 N–H and O–H groups in total. The van der Waals surface area contributed by atoms with E-state index < -0.39 is 5.82 Å². The van der Waals surface area contributed by atoms with Gasteiger partial charge in [-0.1, -0.05) is 36.4 Å². The minimum Gasteiger partial charge on any atom is -0.321 e. The van der Waals surface area contributed by atoms with Crippen molar-refractivity contribution in [3.05, 3.63) is 69.9 Å². The zero-order valence-corrected chi connectivity index (χ0v) is 12.7. The van der Waals surface area contributed by atoms with Crippen LogP contribution in [-0.2, 0) is 6.54 Å². The summed E-state index contributed by atoms with van der Waals surface area (Å²) < 4.78 is 13.6. The normalized spacial score (nSPS) is 9.95. The lowest BCUT2D eigenvalue weighted by Crippen LogP contribution is -2.31. The van der Waals surface area contributed by atoms with E-state index in [-0.39, 0.29) is 22.5 Å². The first-order valence-electron chi connectivity index (χ1n) is 6.27. The molecule has 106 valence electrons. The van der Waals surface area contributed by atoms with Gasteiger partial charge in [0.2, 0.25) is 0 Å². The van der Waals surface area contributed by atoms with Gasteiger partial charge in [-0.2, -0.15) is 5.26 Å². The average molecular weight is 347 g/mol. The molecule has 0 saturated heterocycles. The molecule has 2 rings (SSSR count). The van der Waals surface area contributed by atoms with Crippen LogP contribution in [0.4, 0.5) is 4.39 Å². The third-order valence-corrected chi connectivity index (χ3v) is 3.75. The Morgan fingerprint density at radius 2 is 1.90 bits per heavy atom. The van der Waals surface area contributed by atoms with Crippen molar-refractivity contribution in [2.75, 3.05) is 6.54 Å². The van der Waals surface area contributed by atoms with Crippen LogP contribution in [0.25, 0.3) is 0 Å². The van der Waals surface area contributed by atoms with Crippen LogP contribution < -0.4 is 0 Å². The van der Waals surface area contributed by atoms with Gasteiger partial charge in [0.15, 0.2) is 0 Å². The van der Waals surface area contributed by atoms with Gasteiger partial charge in [-0.05, 0) is 33.6 Å². The fourth-order valence-electron chi connectivity index (χ4n) is 1.93.